The largest absolute Gasteiger partial charge is 0.456 e. The molecule has 1 aromatic carbocycles. The molecule has 1 heterocycles. The van der Waals surface area contributed by atoms with Crippen LogP contribution in [-0.4, -0.2) is 27.9 Å². The SMILES string of the molecule is Cc1nc2ccccc2n1CC(=O)OCC(=O)C12CC3CC(CC(C3)C1)C2. The molecule has 4 bridgehead atoms. The summed E-state index contributed by atoms with van der Waals surface area (Å²) in [5.74, 6) is 2.73. The number of esters is 1. The van der Waals surface area contributed by atoms with Crippen molar-refractivity contribution in [2.75, 3.05) is 6.61 Å². The van der Waals surface area contributed by atoms with E-state index >= 15 is 0 Å². The van der Waals surface area contributed by atoms with E-state index < -0.39 is 0 Å². The summed E-state index contributed by atoms with van der Waals surface area (Å²) in [7, 11) is 0. The third-order valence-electron chi connectivity index (χ3n) is 7.13. The lowest BCUT2D eigenvalue weighted by atomic mass is 9.48. The Kier molecular flexibility index (Phi) is 3.88. The number of Topliss-reactive ketones (excluding diaryl/α,β-unsaturated/α-hetero) is 1. The average molecular weight is 366 g/mol. The van der Waals surface area contributed by atoms with Crippen molar-refractivity contribution in [2.24, 2.45) is 23.2 Å². The number of benzene rings is 1. The van der Waals surface area contributed by atoms with Crippen LogP contribution in [0.15, 0.2) is 24.3 Å². The van der Waals surface area contributed by atoms with E-state index in [2.05, 4.69) is 4.98 Å². The fourth-order valence-corrected chi connectivity index (χ4v) is 6.32. The number of nitrogens with zero attached hydrogens (tertiary/aromatic N) is 2. The van der Waals surface area contributed by atoms with Gasteiger partial charge in [0.15, 0.2) is 12.4 Å². The monoisotopic (exact) mass is 366 g/mol. The number of imidazole rings is 1. The summed E-state index contributed by atoms with van der Waals surface area (Å²) in [6.45, 7) is 1.91. The molecule has 5 nitrogen and oxygen atoms in total. The minimum atomic E-state index is -0.362. The van der Waals surface area contributed by atoms with Gasteiger partial charge >= 0.3 is 5.97 Å². The summed E-state index contributed by atoms with van der Waals surface area (Å²) in [5, 5.41) is 0. The van der Waals surface area contributed by atoms with Gasteiger partial charge in [-0.3, -0.25) is 9.59 Å². The number of ether oxygens (including phenoxy) is 1. The van der Waals surface area contributed by atoms with Crippen molar-refractivity contribution in [1.82, 2.24) is 9.55 Å². The highest BCUT2D eigenvalue weighted by molar-refractivity contribution is 5.88. The lowest BCUT2D eigenvalue weighted by Crippen LogP contribution is -2.51. The van der Waals surface area contributed by atoms with Gasteiger partial charge in [-0.1, -0.05) is 12.1 Å². The summed E-state index contributed by atoms with van der Waals surface area (Å²) in [4.78, 5) is 29.9. The normalized spacial score (nSPS) is 31.4. The third-order valence-corrected chi connectivity index (χ3v) is 7.13. The topological polar surface area (TPSA) is 61.2 Å². The first-order valence-corrected chi connectivity index (χ1v) is 10.1. The first-order valence-electron chi connectivity index (χ1n) is 10.1. The van der Waals surface area contributed by atoms with Crippen molar-refractivity contribution in [3.8, 4) is 0 Å². The summed E-state index contributed by atoms with van der Waals surface area (Å²) < 4.78 is 7.29. The molecular weight excluding hydrogens is 340 g/mol. The molecule has 0 saturated heterocycles. The van der Waals surface area contributed by atoms with Gasteiger partial charge in [0, 0.05) is 5.41 Å². The Balaban J connectivity index is 1.24. The molecule has 4 fully saturated rings. The van der Waals surface area contributed by atoms with Gasteiger partial charge < -0.3 is 9.30 Å². The maximum atomic E-state index is 13.0. The second-order valence-corrected chi connectivity index (χ2v) is 9.02. The fourth-order valence-electron chi connectivity index (χ4n) is 6.32. The van der Waals surface area contributed by atoms with Crippen molar-refractivity contribution in [1.29, 1.82) is 0 Å². The minimum Gasteiger partial charge on any atom is -0.456 e. The first-order chi connectivity index (χ1) is 13.0. The molecule has 0 amide bonds. The molecule has 0 spiro atoms. The Hall–Kier alpha value is -2.17. The number of hydrogen-bond donors (Lipinski definition) is 0. The van der Waals surface area contributed by atoms with Gasteiger partial charge in [-0.05, 0) is 75.3 Å². The fraction of sp³-hybridized carbons (Fsp3) is 0.591. The molecule has 1 aromatic heterocycles. The number of ketones is 1. The summed E-state index contributed by atoms with van der Waals surface area (Å²) >= 11 is 0. The number of fused-ring (bicyclic) bond motifs is 1. The molecule has 4 aliphatic rings. The van der Waals surface area contributed by atoms with Crippen molar-refractivity contribution in [3.05, 3.63) is 30.1 Å². The van der Waals surface area contributed by atoms with Gasteiger partial charge in [0.05, 0.1) is 11.0 Å². The third kappa shape index (κ3) is 2.88. The number of aromatic nitrogens is 2. The van der Waals surface area contributed by atoms with Crippen LogP contribution in [0.2, 0.25) is 0 Å². The number of rotatable bonds is 5. The number of para-hydroxylation sites is 2. The predicted octanol–water partition coefficient (Wildman–Crippen LogP) is 3.67. The van der Waals surface area contributed by atoms with Crippen LogP contribution < -0.4 is 0 Å². The summed E-state index contributed by atoms with van der Waals surface area (Å²) in [6, 6.07) is 7.74. The average Bonchev–Trinajstić information content (AvgIpc) is 2.94. The minimum absolute atomic E-state index is 0.0727. The van der Waals surface area contributed by atoms with Gasteiger partial charge in [0.25, 0.3) is 0 Å². The molecule has 27 heavy (non-hydrogen) atoms. The van der Waals surface area contributed by atoms with Gasteiger partial charge in [-0.25, -0.2) is 4.98 Å². The Bertz CT molecular complexity index is 878. The molecule has 2 aromatic rings. The van der Waals surface area contributed by atoms with Crippen LogP contribution in [0.5, 0.6) is 0 Å². The predicted molar refractivity (Wildman–Crippen MR) is 101 cm³/mol. The number of carbonyl (C=O) groups excluding carboxylic acids is 2. The van der Waals surface area contributed by atoms with Crippen LogP contribution in [0.25, 0.3) is 11.0 Å². The van der Waals surface area contributed by atoms with Gasteiger partial charge in [-0.2, -0.15) is 0 Å². The molecule has 4 saturated carbocycles. The maximum absolute atomic E-state index is 13.0. The molecule has 6 rings (SSSR count). The van der Waals surface area contributed by atoms with Crippen molar-refractivity contribution < 1.29 is 14.3 Å². The standard InChI is InChI=1S/C22H26N2O3/c1-14-23-18-4-2-3-5-19(18)24(14)12-21(26)27-13-20(25)22-9-15-6-16(10-22)8-17(7-15)11-22/h2-5,15-17H,6-13H2,1H3. The van der Waals surface area contributed by atoms with Gasteiger partial charge in [-0.15, -0.1) is 0 Å². The smallest absolute Gasteiger partial charge is 0.326 e. The van der Waals surface area contributed by atoms with Crippen LogP contribution in [0, 0.1) is 30.1 Å². The Morgan fingerprint density at radius 1 is 1.11 bits per heavy atom. The molecule has 0 N–H and O–H groups in total. The number of carbonyl (C=O) groups is 2. The van der Waals surface area contributed by atoms with Crippen LogP contribution in [-0.2, 0) is 20.9 Å². The summed E-state index contributed by atoms with van der Waals surface area (Å²) in [5.41, 5.74) is 1.58. The highest BCUT2D eigenvalue weighted by atomic mass is 16.5. The van der Waals surface area contributed by atoms with E-state index in [9.17, 15) is 9.59 Å². The number of hydrogen-bond acceptors (Lipinski definition) is 4. The van der Waals surface area contributed by atoms with E-state index in [-0.39, 0.29) is 30.3 Å². The van der Waals surface area contributed by atoms with Gasteiger partial charge in [0.1, 0.15) is 12.4 Å². The van der Waals surface area contributed by atoms with Crippen LogP contribution in [0.4, 0.5) is 0 Å². The van der Waals surface area contributed by atoms with Crippen LogP contribution in [0.1, 0.15) is 44.3 Å². The maximum Gasteiger partial charge on any atom is 0.326 e. The van der Waals surface area contributed by atoms with E-state index in [0.29, 0.717) is 0 Å². The van der Waals surface area contributed by atoms with E-state index in [4.69, 9.17) is 4.74 Å². The van der Waals surface area contributed by atoms with Crippen LogP contribution in [0.3, 0.4) is 0 Å². The molecule has 4 aliphatic carbocycles. The second-order valence-electron chi connectivity index (χ2n) is 9.02. The van der Waals surface area contributed by atoms with E-state index in [0.717, 1.165) is 53.9 Å². The zero-order valence-electron chi connectivity index (χ0n) is 15.8. The van der Waals surface area contributed by atoms with Crippen molar-refractivity contribution in [3.63, 3.8) is 0 Å². The Morgan fingerprint density at radius 3 is 2.41 bits per heavy atom. The zero-order valence-corrected chi connectivity index (χ0v) is 15.8. The van der Waals surface area contributed by atoms with Crippen LogP contribution >= 0.6 is 0 Å². The quantitative estimate of drug-likeness (QED) is 0.758. The zero-order chi connectivity index (χ0) is 18.6. The highest BCUT2D eigenvalue weighted by Gasteiger charge is 2.54. The van der Waals surface area contributed by atoms with Gasteiger partial charge in [0.2, 0.25) is 0 Å². The van der Waals surface area contributed by atoms with E-state index in [1.54, 1.807) is 0 Å². The van der Waals surface area contributed by atoms with Crippen molar-refractivity contribution >= 4 is 22.8 Å². The second kappa shape index (κ2) is 6.18. The molecular formula is C22H26N2O3. The lowest BCUT2D eigenvalue weighted by Gasteiger charge is -2.55. The molecule has 0 radical (unpaired) electrons. The lowest BCUT2D eigenvalue weighted by molar-refractivity contribution is -0.158. The van der Waals surface area contributed by atoms with E-state index in [1.807, 2.05) is 35.8 Å². The first kappa shape index (κ1) is 17.0. The molecule has 0 atom stereocenters. The highest BCUT2D eigenvalue weighted by Crippen LogP contribution is 2.60. The molecule has 5 heteroatoms. The number of aryl methyl sites for hydroxylation is 1. The Morgan fingerprint density at radius 2 is 1.74 bits per heavy atom. The summed E-state index contributed by atoms with van der Waals surface area (Å²) in [6.07, 6.45) is 6.96. The van der Waals surface area contributed by atoms with E-state index in [1.165, 1.54) is 19.3 Å². The Labute approximate surface area is 159 Å². The molecule has 0 aliphatic heterocycles. The van der Waals surface area contributed by atoms with Crippen molar-refractivity contribution in [2.45, 2.75) is 52.0 Å². The molecule has 0 unspecified atom stereocenters. The molecule has 142 valence electrons.